The number of amides is 2. The average Bonchev–Trinajstić information content (AvgIpc) is 2.76. The minimum absolute atomic E-state index is 0.114. The Balaban J connectivity index is 1.65. The van der Waals surface area contributed by atoms with E-state index in [4.69, 9.17) is 0 Å². The first-order valence-electron chi connectivity index (χ1n) is 10.4. The topological polar surface area (TPSA) is 61.4 Å². The van der Waals surface area contributed by atoms with Gasteiger partial charge in [0, 0.05) is 16.9 Å². The van der Waals surface area contributed by atoms with Crippen molar-refractivity contribution in [2.24, 2.45) is 0 Å². The molecule has 0 saturated carbocycles. The number of carbonyl (C=O) groups excluding carboxylic acids is 2. The van der Waals surface area contributed by atoms with Crippen LogP contribution in [0.5, 0.6) is 0 Å². The number of anilines is 2. The molecule has 160 valence electrons. The van der Waals surface area contributed by atoms with Crippen molar-refractivity contribution in [3.63, 3.8) is 0 Å². The summed E-state index contributed by atoms with van der Waals surface area (Å²) >= 11 is 0. The first-order chi connectivity index (χ1) is 14.9. The van der Waals surface area contributed by atoms with E-state index in [1.165, 1.54) is 0 Å². The molecular formula is C26H29N3O2. The van der Waals surface area contributed by atoms with E-state index in [9.17, 15) is 9.59 Å². The lowest BCUT2D eigenvalue weighted by Gasteiger charge is -2.24. The molecule has 31 heavy (non-hydrogen) atoms. The van der Waals surface area contributed by atoms with Crippen molar-refractivity contribution in [3.05, 3.63) is 83.9 Å². The molecule has 0 unspecified atom stereocenters. The van der Waals surface area contributed by atoms with Crippen molar-refractivity contribution in [2.45, 2.75) is 26.8 Å². The van der Waals surface area contributed by atoms with Crippen LogP contribution < -0.4 is 10.6 Å². The van der Waals surface area contributed by atoms with Crippen LogP contribution >= 0.6 is 0 Å². The Morgan fingerprint density at radius 1 is 0.839 bits per heavy atom. The molecule has 0 fully saturated rings. The van der Waals surface area contributed by atoms with Crippen molar-refractivity contribution >= 4 is 23.2 Å². The highest BCUT2D eigenvalue weighted by Gasteiger charge is 2.21. The molecule has 5 nitrogen and oxygen atoms in total. The number of para-hydroxylation sites is 2. The van der Waals surface area contributed by atoms with E-state index in [1.54, 1.807) is 18.9 Å². The Kier molecular flexibility index (Phi) is 7.21. The van der Waals surface area contributed by atoms with Crippen molar-refractivity contribution in [2.75, 3.05) is 24.2 Å². The molecule has 0 heterocycles. The van der Waals surface area contributed by atoms with E-state index in [0.29, 0.717) is 0 Å². The monoisotopic (exact) mass is 415 g/mol. The number of hydrogen-bond acceptors (Lipinski definition) is 3. The standard InChI is InChI=1S/C26H29N3O2/c1-18-11-10-12-19(2)25(18)28-24(30)17-29(4)20(3)26(31)27-23-16-9-8-15-22(23)21-13-6-5-7-14-21/h5-16,20H,17H2,1-4H3,(H,27,31)(H,28,30)/t20-/m1/s1. The highest BCUT2D eigenvalue weighted by atomic mass is 16.2. The van der Waals surface area contributed by atoms with Gasteiger partial charge in [0.1, 0.15) is 0 Å². The number of likely N-dealkylation sites (N-methyl/N-ethyl adjacent to an activating group) is 1. The lowest BCUT2D eigenvalue weighted by Crippen LogP contribution is -2.43. The highest BCUT2D eigenvalue weighted by molar-refractivity contribution is 5.99. The van der Waals surface area contributed by atoms with E-state index in [0.717, 1.165) is 33.6 Å². The molecule has 2 amide bonds. The minimum atomic E-state index is -0.479. The van der Waals surface area contributed by atoms with Crippen LogP contribution in [-0.2, 0) is 9.59 Å². The molecule has 0 radical (unpaired) electrons. The number of nitrogens with zero attached hydrogens (tertiary/aromatic N) is 1. The van der Waals surface area contributed by atoms with Crippen LogP contribution in [0.1, 0.15) is 18.1 Å². The molecule has 0 aliphatic heterocycles. The van der Waals surface area contributed by atoms with Crippen LogP contribution in [0, 0.1) is 13.8 Å². The first-order valence-corrected chi connectivity index (χ1v) is 10.4. The number of hydrogen-bond donors (Lipinski definition) is 2. The molecule has 3 aromatic rings. The number of nitrogens with one attached hydrogen (secondary N) is 2. The van der Waals surface area contributed by atoms with Crippen LogP contribution in [-0.4, -0.2) is 36.3 Å². The van der Waals surface area contributed by atoms with Gasteiger partial charge in [-0.3, -0.25) is 14.5 Å². The van der Waals surface area contributed by atoms with Crippen molar-refractivity contribution in [1.82, 2.24) is 4.90 Å². The van der Waals surface area contributed by atoms with Crippen LogP contribution in [0.2, 0.25) is 0 Å². The molecule has 3 aromatic carbocycles. The van der Waals surface area contributed by atoms with E-state index in [1.807, 2.05) is 86.6 Å². The summed E-state index contributed by atoms with van der Waals surface area (Å²) in [7, 11) is 1.78. The summed E-state index contributed by atoms with van der Waals surface area (Å²) in [6.45, 7) is 5.84. The molecule has 0 bridgehead atoms. The Hall–Kier alpha value is -3.44. The average molecular weight is 416 g/mol. The molecule has 2 N–H and O–H groups in total. The molecule has 0 aromatic heterocycles. The normalized spacial score (nSPS) is 11.8. The van der Waals surface area contributed by atoms with Crippen molar-refractivity contribution in [1.29, 1.82) is 0 Å². The SMILES string of the molecule is Cc1cccc(C)c1NC(=O)CN(C)[C@H](C)C(=O)Nc1ccccc1-c1ccccc1. The predicted molar refractivity (Wildman–Crippen MR) is 127 cm³/mol. The molecule has 0 saturated heterocycles. The fourth-order valence-electron chi connectivity index (χ4n) is 3.45. The molecule has 1 atom stereocenters. The summed E-state index contributed by atoms with van der Waals surface area (Å²) in [5.41, 5.74) is 5.60. The molecular weight excluding hydrogens is 386 g/mol. The maximum absolute atomic E-state index is 12.9. The van der Waals surface area contributed by atoms with Gasteiger partial charge in [0.25, 0.3) is 0 Å². The van der Waals surface area contributed by atoms with E-state index in [-0.39, 0.29) is 18.4 Å². The zero-order valence-corrected chi connectivity index (χ0v) is 18.5. The van der Waals surface area contributed by atoms with Crippen LogP contribution in [0.15, 0.2) is 72.8 Å². The first kappa shape index (κ1) is 22.2. The van der Waals surface area contributed by atoms with Gasteiger partial charge < -0.3 is 10.6 Å². The van der Waals surface area contributed by atoms with Gasteiger partial charge in [0.05, 0.1) is 12.6 Å². The van der Waals surface area contributed by atoms with Crippen molar-refractivity contribution in [3.8, 4) is 11.1 Å². The summed E-state index contributed by atoms with van der Waals surface area (Å²) in [5, 5.41) is 5.99. The van der Waals surface area contributed by atoms with Gasteiger partial charge in [-0.1, -0.05) is 66.7 Å². The molecule has 0 aliphatic rings. The summed E-state index contributed by atoms with van der Waals surface area (Å²) in [6.07, 6.45) is 0. The largest absolute Gasteiger partial charge is 0.324 e. The summed E-state index contributed by atoms with van der Waals surface area (Å²) in [4.78, 5) is 27.2. The number of aryl methyl sites for hydroxylation is 2. The van der Waals surface area contributed by atoms with Gasteiger partial charge in [-0.15, -0.1) is 0 Å². The second-order valence-corrected chi connectivity index (χ2v) is 7.81. The Labute approximate surface area is 184 Å². The van der Waals surface area contributed by atoms with Crippen molar-refractivity contribution < 1.29 is 9.59 Å². The van der Waals surface area contributed by atoms with Gasteiger partial charge in [-0.05, 0) is 50.6 Å². The van der Waals surface area contributed by atoms with Gasteiger partial charge in [-0.25, -0.2) is 0 Å². The molecule has 0 aliphatic carbocycles. The van der Waals surface area contributed by atoms with Gasteiger partial charge in [0.15, 0.2) is 0 Å². The fraction of sp³-hybridized carbons (Fsp3) is 0.231. The minimum Gasteiger partial charge on any atom is -0.324 e. The maximum atomic E-state index is 12.9. The third kappa shape index (κ3) is 5.58. The summed E-state index contributed by atoms with van der Waals surface area (Å²) in [5.74, 6) is -0.310. The molecule has 5 heteroatoms. The highest BCUT2D eigenvalue weighted by Crippen LogP contribution is 2.27. The second kappa shape index (κ2) is 10.0. The second-order valence-electron chi connectivity index (χ2n) is 7.81. The van der Waals surface area contributed by atoms with E-state index in [2.05, 4.69) is 10.6 Å². The zero-order valence-electron chi connectivity index (χ0n) is 18.5. The lowest BCUT2D eigenvalue weighted by atomic mass is 10.0. The predicted octanol–water partition coefficient (Wildman–Crippen LogP) is 4.87. The Bertz CT molecular complexity index is 1040. The summed E-state index contributed by atoms with van der Waals surface area (Å²) in [6, 6.07) is 23.1. The third-order valence-corrected chi connectivity index (χ3v) is 5.45. The lowest BCUT2D eigenvalue weighted by molar-refractivity contribution is -0.122. The quantitative estimate of drug-likeness (QED) is 0.579. The van der Waals surface area contributed by atoms with Crippen LogP contribution in [0.4, 0.5) is 11.4 Å². The van der Waals surface area contributed by atoms with Crippen LogP contribution in [0.3, 0.4) is 0 Å². The van der Waals surface area contributed by atoms with Crippen LogP contribution in [0.25, 0.3) is 11.1 Å². The van der Waals surface area contributed by atoms with Gasteiger partial charge >= 0.3 is 0 Å². The Morgan fingerprint density at radius 3 is 2.13 bits per heavy atom. The number of rotatable bonds is 7. The smallest absolute Gasteiger partial charge is 0.241 e. The van der Waals surface area contributed by atoms with E-state index < -0.39 is 6.04 Å². The fourth-order valence-corrected chi connectivity index (χ4v) is 3.45. The number of carbonyl (C=O) groups is 2. The number of benzene rings is 3. The van der Waals surface area contributed by atoms with Gasteiger partial charge in [-0.2, -0.15) is 0 Å². The summed E-state index contributed by atoms with van der Waals surface area (Å²) < 4.78 is 0. The maximum Gasteiger partial charge on any atom is 0.241 e. The van der Waals surface area contributed by atoms with Gasteiger partial charge in [0.2, 0.25) is 11.8 Å². The third-order valence-electron chi connectivity index (χ3n) is 5.45. The van der Waals surface area contributed by atoms with E-state index >= 15 is 0 Å². The Morgan fingerprint density at radius 2 is 1.45 bits per heavy atom. The zero-order chi connectivity index (χ0) is 22.4. The molecule has 3 rings (SSSR count). The molecule has 0 spiro atoms.